The zero-order valence-electron chi connectivity index (χ0n) is 12.6. The van der Waals surface area contributed by atoms with E-state index in [4.69, 9.17) is 4.52 Å². The zero-order valence-corrected chi connectivity index (χ0v) is 13.4. The lowest BCUT2D eigenvalue weighted by Gasteiger charge is -2.07. The maximum Gasteiger partial charge on any atom is 0.264 e. The minimum Gasteiger partial charge on any atom is -0.337 e. The van der Waals surface area contributed by atoms with Crippen LogP contribution in [0.15, 0.2) is 70.2 Å². The summed E-state index contributed by atoms with van der Waals surface area (Å²) in [6, 6.07) is 16.1. The van der Waals surface area contributed by atoms with Crippen molar-refractivity contribution >= 4 is 15.9 Å². The Morgan fingerprint density at radius 3 is 2.39 bits per heavy atom. The summed E-state index contributed by atoms with van der Waals surface area (Å²) >= 11 is 0. The first-order valence-electron chi connectivity index (χ1n) is 7.22. The van der Waals surface area contributed by atoms with E-state index >= 15 is 0 Å². The first-order valence-corrected chi connectivity index (χ1v) is 8.70. The summed E-state index contributed by atoms with van der Waals surface area (Å²) in [5, 5.41) is 3.70. The van der Waals surface area contributed by atoms with Crippen molar-refractivity contribution in [3.8, 4) is 11.1 Å². The van der Waals surface area contributed by atoms with Crippen LogP contribution < -0.4 is 4.72 Å². The highest BCUT2D eigenvalue weighted by atomic mass is 32.2. The Morgan fingerprint density at radius 2 is 1.74 bits per heavy atom. The first-order chi connectivity index (χ1) is 11.1. The van der Waals surface area contributed by atoms with Gasteiger partial charge in [0.15, 0.2) is 0 Å². The number of aryl methyl sites for hydroxylation is 1. The van der Waals surface area contributed by atoms with Gasteiger partial charge in [0.1, 0.15) is 0 Å². The number of nitrogens with zero attached hydrogens (tertiary/aromatic N) is 1. The SMILES string of the molecule is CCc1ccc(S(=O)(=O)Nc2oncc2-c2ccccc2)cc1. The van der Waals surface area contributed by atoms with Gasteiger partial charge in [-0.05, 0) is 29.7 Å². The molecule has 23 heavy (non-hydrogen) atoms. The third kappa shape index (κ3) is 3.27. The largest absolute Gasteiger partial charge is 0.337 e. The van der Waals surface area contributed by atoms with Gasteiger partial charge in [-0.25, -0.2) is 13.1 Å². The average molecular weight is 328 g/mol. The molecule has 0 saturated heterocycles. The molecule has 0 bridgehead atoms. The van der Waals surface area contributed by atoms with Crippen molar-refractivity contribution in [3.05, 3.63) is 66.4 Å². The first kappa shape index (κ1) is 15.3. The smallest absolute Gasteiger partial charge is 0.264 e. The molecule has 0 unspecified atom stereocenters. The average Bonchev–Trinajstić information content (AvgIpc) is 3.03. The fraction of sp³-hybridized carbons (Fsp3) is 0.118. The maximum absolute atomic E-state index is 12.5. The van der Waals surface area contributed by atoms with Gasteiger partial charge < -0.3 is 4.52 Å². The molecule has 1 heterocycles. The van der Waals surface area contributed by atoms with Crippen LogP contribution in [0.4, 0.5) is 5.88 Å². The van der Waals surface area contributed by atoms with Gasteiger partial charge in [0.2, 0.25) is 5.88 Å². The number of nitrogens with one attached hydrogen (secondary N) is 1. The second-order valence-corrected chi connectivity index (χ2v) is 6.72. The molecule has 5 nitrogen and oxygen atoms in total. The van der Waals surface area contributed by atoms with Crippen molar-refractivity contribution in [1.82, 2.24) is 5.16 Å². The Balaban J connectivity index is 1.91. The van der Waals surface area contributed by atoms with Gasteiger partial charge >= 0.3 is 0 Å². The second-order valence-electron chi connectivity index (χ2n) is 5.04. The van der Waals surface area contributed by atoms with Crippen LogP contribution in [0.3, 0.4) is 0 Å². The lowest BCUT2D eigenvalue weighted by molar-refractivity contribution is 0.435. The van der Waals surface area contributed by atoms with Crippen LogP contribution in [0.5, 0.6) is 0 Å². The quantitative estimate of drug-likeness (QED) is 0.775. The van der Waals surface area contributed by atoms with Gasteiger partial charge in [-0.3, -0.25) is 0 Å². The summed E-state index contributed by atoms with van der Waals surface area (Å²) in [6.07, 6.45) is 2.35. The van der Waals surface area contributed by atoms with Gasteiger partial charge in [-0.2, -0.15) is 0 Å². The molecule has 6 heteroatoms. The van der Waals surface area contributed by atoms with E-state index in [1.54, 1.807) is 24.3 Å². The van der Waals surface area contributed by atoms with Crippen molar-refractivity contribution in [1.29, 1.82) is 0 Å². The number of sulfonamides is 1. The highest BCUT2D eigenvalue weighted by Crippen LogP contribution is 2.29. The number of hydrogen-bond acceptors (Lipinski definition) is 4. The van der Waals surface area contributed by atoms with E-state index in [9.17, 15) is 8.42 Å². The number of hydrogen-bond donors (Lipinski definition) is 1. The van der Waals surface area contributed by atoms with Gasteiger partial charge in [0, 0.05) is 0 Å². The third-order valence-electron chi connectivity index (χ3n) is 3.52. The van der Waals surface area contributed by atoms with Crippen LogP contribution in [0, 0.1) is 0 Å². The molecule has 1 aromatic heterocycles. The summed E-state index contributed by atoms with van der Waals surface area (Å²) < 4.78 is 32.5. The predicted molar refractivity (Wildman–Crippen MR) is 88.6 cm³/mol. The molecule has 0 aliphatic carbocycles. The molecule has 0 atom stereocenters. The summed E-state index contributed by atoms with van der Waals surface area (Å²) in [5.41, 5.74) is 2.50. The van der Waals surface area contributed by atoms with Crippen LogP contribution in [0.1, 0.15) is 12.5 Å². The number of benzene rings is 2. The minimum atomic E-state index is -3.72. The van der Waals surface area contributed by atoms with Crippen LogP contribution in [-0.2, 0) is 16.4 Å². The van der Waals surface area contributed by atoms with E-state index in [2.05, 4.69) is 9.88 Å². The van der Waals surface area contributed by atoms with Crippen molar-refractivity contribution in [2.24, 2.45) is 0 Å². The van der Waals surface area contributed by atoms with Crippen LogP contribution in [-0.4, -0.2) is 13.6 Å². The fourth-order valence-corrected chi connectivity index (χ4v) is 3.23. The van der Waals surface area contributed by atoms with Crippen LogP contribution >= 0.6 is 0 Å². The standard InChI is InChI=1S/C17H16N2O3S/c1-2-13-8-10-15(11-9-13)23(20,21)19-17-16(12-18-22-17)14-6-4-3-5-7-14/h3-12,19H,2H2,1H3. The molecule has 0 spiro atoms. The Hall–Kier alpha value is -2.60. The highest BCUT2D eigenvalue weighted by Gasteiger charge is 2.19. The lowest BCUT2D eigenvalue weighted by Crippen LogP contribution is -2.13. The third-order valence-corrected chi connectivity index (χ3v) is 4.87. The van der Waals surface area contributed by atoms with Crippen molar-refractivity contribution < 1.29 is 12.9 Å². The summed E-state index contributed by atoms with van der Waals surface area (Å²) in [6.45, 7) is 2.02. The van der Waals surface area contributed by atoms with Crippen LogP contribution in [0.25, 0.3) is 11.1 Å². The molecular formula is C17H16N2O3S. The zero-order chi connectivity index (χ0) is 16.3. The van der Waals surface area contributed by atoms with Gasteiger partial charge in [0.05, 0.1) is 16.7 Å². The molecule has 3 rings (SSSR count). The number of aromatic nitrogens is 1. The second kappa shape index (κ2) is 6.26. The molecule has 118 valence electrons. The molecule has 2 aromatic carbocycles. The van der Waals surface area contributed by atoms with E-state index < -0.39 is 10.0 Å². The Kier molecular flexibility index (Phi) is 4.16. The molecule has 0 radical (unpaired) electrons. The van der Waals surface area contributed by atoms with Gasteiger partial charge in [0.25, 0.3) is 10.0 Å². The number of anilines is 1. The van der Waals surface area contributed by atoms with E-state index in [1.165, 1.54) is 6.20 Å². The maximum atomic E-state index is 12.5. The molecular weight excluding hydrogens is 312 g/mol. The topological polar surface area (TPSA) is 72.2 Å². The van der Waals surface area contributed by atoms with E-state index in [-0.39, 0.29) is 10.8 Å². The van der Waals surface area contributed by atoms with E-state index in [0.29, 0.717) is 5.56 Å². The van der Waals surface area contributed by atoms with Gasteiger partial charge in [-0.15, -0.1) is 0 Å². The van der Waals surface area contributed by atoms with Crippen molar-refractivity contribution in [2.45, 2.75) is 18.2 Å². The Labute approximate surface area is 135 Å². The molecule has 3 aromatic rings. The fourth-order valence-electron chi connectivity index (χ4n) is 2.22. The normalized spacial score (nSPS) is 11.3. The highest BCUT2D eigenvalue weighted by molar-refractivity contribution is 7.92. The molecule has 0 saturated carbocycles. The van der Waals surface area contributed by atoms with E-state index in [0.717, 1.165) is 17.5 Å². The molecule has 1 N–H and O–H groups in total. The summed E-state index contributed by atoms with van der Waals surface area (Å²) in [5.74, 6) is 0.107. The summed E-state index contributed by atoms with van der Waals surface area (Å²) in [4.78, 5) is 0.185. The monoisotopic (exact) mass is 328 g/mol. The van der Waals surface area contributed by atoms with Gasteiger partial charge in [-0.1, -0.05) is 54.5 Å². The molecule has 0 aliphatic rings. The van der Waals surface area contributed by atoms with Crippen molar-refractivity contribution in [3.63, 3.8) is 0 Å². The molecule has 0 fully saturated rings. The summed E-state index contributed by atoms with van der Waals surface area (Å²) in [7, 11) is -3.72. The van der Waals surface area contributed by atoms with E-state index in [1.807, 2.05) is 37.3 Å². The Bertz CT molecular complexity index is 885. The molecule has 0 amide bonds. The predicted octanol–water partition coefficient (Wildman–Crippen LogP) is 3.70. The lowest BCUT2D eigenvalue weighted by atomic mass is 10.1. The Morgan fingerprint density at radius 1 is 1.04 bits per heavy atom. The number of rotatable bonds is 5. The minimum absolute atomic E-state index is 0.107. The van der Waals surface area contributed by atoms with Crippen molar-refractivity contribution in [2.75, 3.05) is 4.72 Å². The molecule has 0 aliphatic heterocycles. The van der Waals surface area contributed by atoms with Crippen LogP contribution in [0.2, 0.25) is 0 Å².